The predicted molar refractivity (Wildman–Crippen MR) is 51.6 cm³/mol. The average Bonchev–Trinajstić information content (AvgIpc) is 2.17. The number of hydrogen-bond acceptors (Lipinski definition) is 1. The lowest BCUT2D eigenvalue weighted by atomic mass is 10.2. The average molecular weight is 216 g/mol. The molecular formula is C11H11F3O. The molecule has 0 unspecified atom stereocenters. The number of aryl methyl sites for hydroxylation is 1. The van der Waals surface area contributed by atoms with Gasteiger partial charge in [-0.25, -0.2) is 0 Å². The molecule has 0 heterocycles. The lowest BCUT2D eigenvalue weighted by Crippen LogP contribution is -2.01. The third-order valence-electron chi connectivity index (χ3n) is 1.79. The van der Waals surface area contributed by atoms with Crippen molar-refractivity contribution in [2.75, 3.05) is 0 Å². The lowest BCUT2D eigenvalue weighted by Gasteiger charge is -2.02. The first kappa shape index (κ1) is 11.6. The third-order valence-corrected chi connectivity index (χ3v) is 1.79. The molecule has 0 aliphatic carbocycles. The molecule has 1 rings (SSSR count). The van der Waals surface area contributed by atoms with Crippen LogP contribution in [0.2, 0.25) is 0 Å². The molecule has 82 valence electrons. The molecule has 0 spiro atoms. The summed E-state index contributed by atoms with van der Waals surface area (Å²) in [6.07, 6.45) is -2.75. The van der Waals surface area contributed by atoms with Gasteiger partial charge in [0.1, 0.15) is 5.75 Å². The summed E-state index contributed by atoms with van der Waals surface area (Å²) < 4.78 is 39.9. The zero-order valence-electron chi connectivity index (χ0n) is 8.21. The molecule has 15 heavy (non-hydrogen) atoms. The molecule has 0 aliphatic heterocycles. The van der Waals surface area contributed by atoms with Crippen molar-refractivity contribution >= 4 is 0 Å². The van der Waals surface area contributed by atoms with Gasteiger partial charge in [-0.1, -0.05) is 19.1 Å². The standard InChI is InChI=1S/C11H11F3O/c1-2-9-3-5-10(6-4-9)15-8-7-11(12,13)14/h3-8H,2H2,1H3/b8-7-. The van der Waals surface area contributed by atoms with Crippen molar-refractivity contribution in [3.8, 4) is 5.75 Å². The summed E-state index contributed by atoms with van der Waals surface area (Å²) in [6, 6.07) is 6.91. The minimum absolute atomic E-state index is 0.0563. The predicted octanol–water partition coefficient (Wildman–Crippen LogP) is 3.70. The van der Waals surface area contributed by atoms with Crippen molar-refractivity contribution < 1.29 is 17.9 Å². The highest BCUT2D eigenvalue weighted by atomic mass is 19.4. The van der Waals surface area contributed by atoms with Crippen molar-refractivity contribution in [2.24, 2.45) is 0 Å². The molecule has 0 bridgehead atoms. The minimum atomic E-state index is -4.33. The molecule has 0 saturated heterocycles. The van der Waals surface area contributed by atoms with Crippen LogP contribution in [0.3, 0.4) is 0 Å². The maximum atomic E-state index is 11.7. The fourth-order valence-electron chi connectivity index (χ4n) is 0.993. The van der Waals surface area contributed by atoms with E-state index in [1.807, 2.05) is 19.1 Å². The van der Waals surface area contributed by atoms with Gasteiger partial charge in [0.2, 0.25) is 0 Å². The summed E-state index contributed by atoms with van der Waals surface area (Å²) in [6.45, 7) is 2.00. The van der Waals surface area contributed by atoms with E-state index in [0.717, 1.165) is 12.0 Å². The van der Waals surface area contributed by atoms with Gasteiger partial charge in [-0.2, -0.15) is 13.2 Å². The number of ether oxygens (including phenoxy) is 1. The fourth-order valence-corrected chi connectivity index (χ4v) is 0.993. The van der Waals surface area contributed by atoms with E-state index >= 15 is 0 Å². The second-order valence-electron chi connectivity index (χ2n) is 2.96. The Bertz CT molecular complexity index is 325. The first-order chi connectivity index (χ1) is 7.01. The molecule has 1 nitrogen and oxygen atoms in total. The SMILES string of the molecule is CCc1ccc(O/C=C\C(F)(F)F)cc1. The van der Waals surface area contributed by atoms with Crippen molar-refractivity contribution in [3.05, 3.63) is 42.2 Å². The Balaban J connectivity index is 2.55. The number of hydrogen-bond donors (Lipinski definition) is 0. The van der Waals surface area contributed by atoms with E-state index in [9.17, 15) is 13.2 Å². The smallest absolute Gasteiger partial charge is 0.412 e. The third kappa shape index (κ3) is 4.54. The molecule has 0 amide bonds. The molecule has 0 saturated carbocycles. The van der Waals surface area contributed by atoms with Crippen LogP contribution in [0, 0.1) is 0 Å². The molecule has 1 aromatic carbocycles. The number of alkyl halides is 3. The summed E-state index contributed by atoms with van der Waals surface area (Å²) >= 11 is 0. The van der Waals surface area contributed by atoms with E-state index in [4.69, 9.17) is 4.74 Å². The summed E-state index contributed by atoms with van der Waals surface area (Å²) in [7, 11) is 0. The van der Waals surface area contributed by atoms with Crippen LogP contribution in [-0.2, 0) is 6.42 Å². The number of allylic oxidation sites excluding steroid dienone is 1. The lowest BCUT2D eigenvalue weighted by molar-refractivity contribution is -0.0809. The highest BCUT2D eigenvalue weighted by Crippen LogP contribution is 2.17. The van der Waals surface area contributed by atoms with Crippen LogP contribution in [-0.4, -0.2) is 6.18 Å². The summed E-state index contributed by atoms with van der Waals surface area (Å²) in [5.74, 6) is 0.396. The van der Waals surface area contributed by atoms with Gasteiger partial charge in [0.25, 0.3) is 0 Å². The maximum absolute atomic E-state index is 11.7. The molecule has 0 aliphatic rings. The number of halogens is 3. The van der Waals surface area contributed by atoms with E-state index in [0.29, 0.717) is 12.0 Å². The monoisotopic (exact) mass is 216 g/mol. The molecule has 4 heteroatoms. The van der Waals surface area contributed by atoms with Gasteiger partial charge in [0, 0.05) is 0 Å². The number of rotatable bonds is 3. The van der Waals surface area contributed by atoms with Crippen molar-refractivity contribution in [1.29, 1.82) is 0 Å². The first-order valence-electron chi connectivity index (χ1n) is 4.51. The van der Waals surface area contributed by atoms with Gasteiger partial charge in [0.05, 0.1) is 12.3 Å². The van der Waals surface area contributed by atoms with Crippen LogP contribution in [0.25, 0.3) is 0 Å². The normalized spacial score (nSPS) is 12.0. The van der Waals surface area contributed by atoms with Crippen LogP contribution >= 0.6 is 0 Å². The highest BCUT2D eigenvalue weighted by molar-refractivity contribution is 5.27. The second-order valence-corrected chi connectivity index (χ2v) is 2.96. The van der Waals surface area contributed by atoms with Crippen molar-refractivity contribution in [3.63, 3.8) is 0 Å². The van der Waals surface area contributed by atoms with Gasteiger partial charge in [0.15, 0.2) is 0 Å². The van der Waals surface area contributed by atoms with E-state index in [1.165, 1.54) is 0 Å². The van der Waals surface area contributed by atoms with E-state index in [1.54, 1.807) is 12.1 Å². The molecule has 1 aromatic rings. The summed E-state index contributed by atoms with van der Waals surface area (Å²) in [4.78, 5) is 0. The van der Waals surface area contributed by atoms with Crippen molar-refractivity contribution in [2.45, 2.75) is 19.5 Å². The Morgan fingerprint density at radius 1 is 1.20 bits per heavy atom. The largest absolute Gasteiger partial charge is 0.465 e. The van der Waals surface area contributed by atoms with Gasteiger partial charge in [-0.05, 0) is 24.1 Å². The molecular weight excluding hydrogens is 205 g/mol. The quantitative estimate of drug-likeness (QED) is 0.700. The first-order valence-corrected chi connectivity index (χ1v) is 4.51. The summed E-state index contributed by atoms with van der Waals surface area (Å²) in [5.41, 5.74) is 1.11. The van der Waals surface area contributed by atoms with Crippen LogP contribution in [0.5, 0.6) is 5.75 Å². The Kier molecular flexibility index (Phi) is 3.77. The zero-order valence-corrected chi connectivity index (χ0v) is 8.21. The Morgan fingerprint density at radius 2 is 1.80 bits per heavy atom. The van der Waals surface area contributed by atoms with Crippen LogP contribution in [0.4, 0.5) is 13.2 Å². The van der Waals surface area contributed by atoms with E-state index in [-0.39, 0.29) is 6.08 Å². The Morgan fingerprint density at radius 3 is 2.27 bits per heavy atom. The van der Waals surface area contributed by atoms with Crippen LogP contribution in [0.15, 0.2) is 36.6 Å². The topological polar surface area (TPSA) is 9.23 Å². The zero-order chi connectivity index (χ0) is 11.3. The second kappa shape index (κ2) is 4.87. The number of benzene rings is 1. The molecule has 0 fully saturated rings. The maximum Gasteiger partial charge on any atom is 0.412 e. The van der Waals surface area contributed by atoms with E-state index in [2.05, 4.69) is 0 Å². The fraction of sp³-hybridized carbons (Fsp3) is 0.273. The Hall–Kier alpha value is -1.45. The van der Waals surface area contributed by atoms with Crippen LogP contribution in [0.1, 0.15) is 12.5 Å². The van der Waals surface area contributed by atoms with Gasteiger partial charge in [-0.15, -0.1) is 0 Å². The molecule has 0 aromatic heterocycles. The van der Waals surface area contributed by atoms with Gasteiger partial charge < -0.3 is 4.74 Å². The van der Waals surface area contributed by atoms with E-state index < -0.39 is 6.18 Å². The molecule has 0 N–H and O–H groups in total. The Labute approximate surface area is 86.2 Å². The van der Waals surface area contributed by atoms with Crippen LogP contribution < -0.4 is 4.74 Å². The molecule has 0 atom stereocenters. The highest BCUT2D eigenvalue weighted by Gasteiger charge is 2.22. The van der Waals surface area contributed by atoms with Gasteiger partial charge >= 0.3 is 6.18 Å². The summed E-state index contributed by atoms with van der Waals surface area (Å²) in [5, 5.41) is 0. The molecule has 0 radical (unpaired) electrons. The minimum Gasteiger partial charge on any atom is -0.465 e. The van der Waals surface area contributed by atoms with Crippen molar-refractivity contribution in [1.82, 2.24) is 0 Å². The van der Waals surface area contributed by atoms with Gasteiger partial charge in [-0.3, -0.25) is 0 Å².